The number of hydrogen-bond acceptors (Lipinski definition) is 4. The van der Waals surface area contributed by atoms with Crippen LogP contribution in [0.5, 0.6) is 0 Å². The van der Waals surface area contributed by atoms with Crippen molar-refractivity contribution in [2.24, 2.45) is 0 Å². The van der Waals surface area contributed by atoms with Gasteiger partial charge in [0.1, 0.15) is 0 Å². The van der Waals surface area contributed by atoms with Crippen molar-refractivity contribution in [1.82, 2.24) is 4.57 Å². The molecule has 3 rings (SSSR count). The van der Waals surface area contributed by atoms with Gasteiger partial charge in [-0.2, -0.15) is 0 Å². The quantitative estimate of drug-likeness (QED) is 0.906. The number of carboxylic acid groups (broad SMARTS) is 1. The first kappa shape index (κ1) is 12.8. The van der Waals surface area contributed by atoms with Crippen LogP contribution in [0.3, 0.4) is 0 Å². The van der Waals surface area contributed by atoms with Gasteiger partial charge in [-0.1, -0.05) is 18.2 Å². The van der Waals surface area contributed by atoms with Gasteiger partial charge in [0, 0.05) is 11.5 Å². The summed E-state index contributed by atoms with van der Waals surface area (Å²) < 4.78 is 12.2. The molecular formula is C14H13NO5. The molecule has 20 heavy (non-hydrogen) atoms. The molecule has 104 valence electrons. The molecule has 0 spiro atoms. The fourth-order valence-corrected chi connectivity index (χ4v) is 2.36. The van der Waals surface area contributed by atoms with Crippen LogP contribution in [-0.4, -0.2) is 35.1 Å². The number of fused-ring (bicyclic) bond motifs is 1. The van der Waals surface area contributed by atoms with Crippen LogP contribution in [0.25, 0.3) is 10.9 Å². The van der Waals surface area contributed by atoms with E-state index >= 15 is 0 Å². The third-order valence-corrected chi connectivity index (χ3v) is 3.27. The summed E-state index contributed by atoms with van der Waals surface area (Å²) in [4.78, 5) is 23.4. The Morgan fingerprint density at radius 3 is 2.70 bits per heavy atom. The van der Waals surface area contributed by atoms with Crippen LogP contribution >= 0.6 is 0 Å². The van der Waals surface area contributed by atoms with Crippen LogP contribution in [0.1, 0.15) is 10.4 Å². The van der Waals surface area contributed by atoms with E-state index in [0.29, 0.717) is 24.1 Å². The number of ether oxygens (including phenoxy) is 2. The van der Waals surface area contributed by atoms with E-state index in [1.54, 1.807) is 24.3 Å². The van der Waals surface area contributed by atoms with E-state index in [9.17, 15) is 14.7 Å². The lowest BCUT2D eigenvalue weighted by Gasteiger charge is -2.15. The summed E-state index contributed by atoms with van der Waals surface area (Å²) >= 11 is 0. The minimum atomic E-state index is -1.11. The van der Waals surface area contributed by atoms with Gasteiger partial charge in [-0.3, -0.25) is 4.79 Å². The van der Waals surface area contributed by atoms with Gasteiger partial charge in [-0.05, 0) is 6.07 Å². The van der Waals surface area contributed by atoms with Crippen LogP contribution in [-0.2, 0) is 16.0 Å². The normalized spacial score (nSPS) is 15.8. The third-order valence-electron chi connectivity index (χ3n) is 3.27. The summed E-state index contributed by atoms with van der Waals surface area (Å²) in [6, 6.07) is 8.05. The average molecular weight is 275 g/mol. The van der Waals surface area contributed by atoms with Gasteiger partial charge in [-0.15, -0.1) is 0 Å². The number of benzene rings is 1. The largest absolute Gasteiger partial charge is 0.478 e. The molecule has 0 amide bonds. The number of aromatic carboxylic acids is 1. The molecule has 0 saturated carbocycles. The number of carbonyl (C=O) groups is 1. The summed E-state index contributed by atoms with van der Waals surface area (Å²) in [5.41, 5.74) is 0.201. The Morgan fingerprint density at radius 1 is 1.30 bits per heavy atom. The van der Waals surface area contributed by atoms with E-state index in [0.717, 1.165) is 6.07 Å². The lowest BCUT2D eigenvalue weighted by Crippen LogP contribution is -2.28. The monoisotopic (exact) mass is 275 g/mol. The highest BCUT2D eigenvalue weighted by atomic mass is 16.7. The Hall–Kier alpha value is -2.18. The highest BCUT2D eigenvalue weighted by Gasteiger charge is 2.20. The highest BCUT2D eigenvalue weighted by Crippen LogP contribution is 2.18. The van der Waals surface area contributed by atoms with Gasteiger partial charge in [0.25, 0.3) is 5.56 Å². The molecule has 0 radical (unpaired) electrons. The summed E-state index contributed by atoms with van der Waals surface area (Å²) in [6.07, 6.45) is -0.466. The smallest absolute Gasteiger partial charge is 0.336 e. The molecule has 1 aliphatic heterocycles. The number of nitrogens with zero attached hydrogens (tertiary/aromatic N) is 1. The Kier molecular flexibility index (Phi) is 3.25. The second-order valence-corrected chi connectivity index (χ2v) is 4.50. The second kappa shape index (κ2) is 5.07. The van der Waals surface area contributed by atoms with Crippen molar-refractivity contribution in [3.05, 3.63) is 46.2 Å². The van der Waals surface area contributed by atoms with E-state index in [1.165, 1.54) is 4.57 Å². The molecular weight excluding hydrogens is 262 g/mol. The van der Waals surface area contributed by atoms with Crippen LogP contribution in [0.4, 0.5) is 0 Å². The zero-order valence-electron chi connectivity index (χ0n) is 10.6. The number of hydrogen-bond donors (Lipinski definition) is 1. The predicted octanol–water partition coefficient (Wildman–Crippen LogP) is 1.07. The number of carboxylic acids is 1. The van der Waals surface area contributed by atoms with Gasteiger partial charge in [0.2, 0.25) is 0 Å². The summed E-state index contributed by atoms with van der Waals surface area (Å²) in [7, 11) is 0. The maximum atomic E-state index is 12.1. The fraction of sp³-hybridized carbons (Fsp3) is 0.286. The maximum Gasteiger partial charge on any atom is 0.336 e. The molecule has 1 aromatic carbocycles. The third kappa shape index (κ3) is 2.19. The Labute approximate surface area is 114 Å². The van der Waals surface area contributed by atoms with E-state index in [2.05, 4.69) is 0 Å². The molecule has 2 aromatic rings. The Balaban J connectivity index is 2.16. The summed E-state index contributed by atoms with van der Waals surface area (Å²) in [6.45, 7) is 1.26. The van der Waals surface area contributed by atoms with Gasteiger partial charge < -0.3 is 19.1 Å². The zero-order chi connectivity index (χ0) is 14.1. The molecule has 0 atom stereocenters. The minimum Gasteiger partial charge on any atom is -0.478 e. The standard InChI is InChI=1S/C14H13NO5/c16-12-7-10(14(17)18)9-3-1-2-4-11(9)15(12)8-13-19-5-6-20-13/h1-4,7,13H,5-6,8H2,(H,17,18). The van der Waals surface area contributed by atoms with Gasteiger partial charge >= 0.3 is 5.97 Å². The highest BCUT2D eigenvalue weighted by molar-refractivity contribution is 6.02. The molecule has 6 heteroatoms. The molecule has 0 aliphatic carbocycles. The van der Waals surface area contributed by atoms with Crippen LogP contribution in [0.2, 0.25) is 0 Å². The molecule has 1 aliphatic rings. The molecule has 1 saturated heterocycles. The van der Waals surface area contributed by atoms with Crippen molar-refractivity contribution in [2.45, 2.75) is 12.8 Å². The number of para-hydroxylation sites is 1. The van der Waals surface area contributed by atoms with Crippen LogP contribution in [0.15, 0.2) is 35.1 Å². The second-order valence-electron chi connectivity index (χ2n) is 4.50. The molecule has 1 aromatic heterocycles. The molecule has 1 N–H and O–H groups in total. The predicted molar refractivity (Wildman–Crippen MR) is 70.9 cm³/mol. The lowest BCUT2D eigenvalue weighted by atomic mass is 10.1. The van der Waals surface area contributed by atoms with Crippen molar-refractivity contribution < 1.29 is 19.4 Å². The van der Waals surface area contributed by atoms with Gasteiger partial charge in [-0.25, -0.2) is 4.79 Å². The summed E-state index contributed by atoms with van der Waals surface area (Å²) in [5, 5.41) is 9.71. The maximum absolute atomic E-state index is 12.1. The fourth-order valence-electron chi connectivity index (χ4n) is 2.36. The SMILES string of the molecule is O=C(O)c1cc(=O)n(CC2OCCO2)c2ccccc12. The first-order valence-electron chi connectivity index (χ1n) is 6.26. The van der Waals surface area contributed by atoms with Crippen molar-refractivity contribution >= 4 is 16.9 Å². The number of rotatable bonds is 3. The first-order chi connectivity index (χ1) is 9.66. The number of pyridine rings is 1. The number of aromatic nitrogens is 1. The van der Waals surface area contributed by atoms with E-state index in [4.69, 9.17) is 9.47 Å². The Morgan fingerprint density at radius 2 is 2.00 bits per heavy atom. The lowest BCUT2D eigenvalue weighted by molar-refractivity contribution is -0.0522. The Bertz CT molecular complexity index is 715. The van der Waals surface area contributed by atoms with Crippen molar-refractivity contribution in [3.63, 3.8) is 0 Å². The van der Waals surface area contributed by atoms with Gasteiger partial charge in [0.15, 0.2) is 6.29 Å². The van der Waals surface area contributed by atoms with Crippen molar-refractivity contribution in [1.29, 1.82) is 0 Å². The van der Waals surface area contributed by atoms with E-state index < -0.39 is 12.3 Å². The van der Waals surface area contributed by atoms with Crippen molar-refractivity contribution in [2.75, 3.05) is 13.2 Å². The van der Waals surface area contributed by atoms with Crippen LogP contribution in [0, 0.1) is 0 Å². The zero-order valence-corrected chi connectivity index (χ0v) is 10.6. The summed E-state index contributed by atoms with van der Waals surface area (Å²) in [5.74, 6) is -1.11. The molecule has 0 unspecified atom stereocenters. The van der Waals surface area contributed by atoms with Gasteiger partial charge in [0.05, 0.1) is 30.8 Å². The average Bonchev–Trinajstić information content (AvgIpc) is 2.94. The molecule has 6 nitrogen and oxygen atoms in total. The topological polar surface area (TPSA) is 77.8 Å². The van der Waals surface area contributed by atoms with E-state index in [1.807, 2.05) is 0 Å². The first-order valence-corrected chi connectivity index (χ1v) is 6.26. The molecule has 0 bridgehead atoms. The van der Waals surface area contributed by atoms with E-state index in [-0.39, 0.29) is 17.7 Å². The molecule has 2 heterocycles. The molecule has 1 fully saturated rings. The minimum absolute atomic E-state index is 0.00936. The van der Waals surface area contributed by atoms with Crippen LogP contribution < -0.4 is 5.56 Å². The van der Waals surface area contributed by atoms with Crippen molar-refractivity contribution in [3.8, 4) is 0 Å².